The van der Waals surface area contributed by atoms with Crippen molar-refractivity contribution in [3.05, 3.63) is 12.4 Å². The van der Waals surface area contributed by atoms with Gasteiger partial charge >= 0.3 is 0 Å². The van der Waals surface area contributed by atoms with Crippen molar-refractivity contribution in [2.75, 3.05) is 20.3 Å². The lowest BCUT2D eigenvalue weighted by Crippen LogP contribution is -3.07. The van der Waals surface area contributed by atoms with E-state index >= 15 is 0 Å². The zero-order valence-electron chi connectivity index (χ0n) is 6.55. The molecule has 0 aromatic rings. The van der Waals surface area contributed by atoms with Crippen molar-refractivity contribution in [1.82, 2.24) is 4.90 Å². The molecule has 0 fully saturated rings. The summed E-state index contributed by atoms with van der Waals surface area (Å²) in [5, 5.41) is 8.29. The van der Waals surface area contributed by atoms with E-state index in [9.17, 15) is 0 Å². The minimum absolute atomic E-state index is 0. The summed E-state index contributed by atoms with van der Waals surface area (Å²) >= 11 is 0. The summed E-state index contributed by atoms with van der Waals surface area (Å²) in [7, 11) is 2.04. The molecule has 1 atom stereocenters. The Morgan fingerprint density at radius 3 is 2.91 bits per heavy atom. The first-order chi connectivity index (χ1) is 4.83. The molecule has 1 unspecified atom stereocenters. The summed E-state index contributed by atoms with van der Waals surface area (Å²) in [5.41, 5.74) is 0. The Balaban J connectivity index is 0.000001000. The summed E-state index contributed by atoms with van der Waals surface area (Å²) < 4.78 is 0. The van der Waals surface area contributed by atoms with E-state index in [0.717, 1.165) is 13.2 Å². The SMILES string of the molecule is CN1C=C[NH+](CCC#N)C1.[I-]. The maximum absolute atomic E-state index is 8.29. The third kappa shape index (κ3) is 3.58. The van der Waals surface area contributed by atoms with Crippen LogP contribution in [0.4, 0.5) is 0 Å². The normalized spacial score (nSPS) is 21.1. The number of nitriles is 1. The lowest BCUT2D eigenvalue weighted by Gasteiger charge is -2.10. The van der Waals surface area contributed by atoms with Crippen LogP contribution in [-0.4, -0.2) is 25.2 Å². The fraction of sp³-hybridized carbons (Fsp3) is 0.571. The first-order valence-corrected chi connectivity index (χ1v) is 3.43. The Hall–Kier alpha value is -0.280. The molecule has 3 nitrogen and oxygen atoms in total. The number of halogens is 1. The zero-order valence-corrected chi connectivity index (χ0v) is 8.71. The van der Waals surface area contributed by atoms with E-state index in [1.807, 2.05) is 13.2 Å². The van der Waals surface area contributed by atoms with Gasteiger partial charge in [0.2, 0.25) is 0 Å². The Morgan fingerprint density at radius 1 is 1.73 bits per heavy atom. The molecule has 0 spiro atoms. The van der Waals surface area contributed by atoms with Gasteiger partial charge in [0.25, 0.3) is 0 Å². The smallest absolute Gasteiger partial charge is 0.156 e. The van der Waals surface area contributed by atoms with Gasteiger partial charge in [-0.3, -0.25) is 4.90 Å². The van der Waals surface area contributed by atoms with E-state index in [2.05, 4.69) is 17.2 Å². The molecule has 0 aromatic heterocycles. The van der Waals surface area contributed by atoms with Crippen LogP contribution in [0, 0.1) is 11.3 Å². The molecule has 1 aliphatic heterocycles. The van der Waals surface area contributed by atoms with Crippen molar-refractivity contribution in [1.29, 1.82) is 5.26 Å². The molecule has 1 N–H and O–H groups in total. The maximum atomic E-state index is 8.29. The molecule has 0 bridgehead atoms. The van der Waals surface area contributed by atoms with Gasteiger partial charge < -0.3 is 28.9 Å². The van der Waals surface area contributed by atoms with E-state index < -0.39 is 0 Å². The fourth-order valence-electron chi connectivity index (χ4n) is 1.04. The van der Waals surface area contributed by atoms with Gasteiger partial charge in [-0.2, -0.15) is 5.26 Å². The van der Waals surface area contributed by atoms with Crippen LogP contribution in [0.1, 0.15) is 6.42 Å². The average molecular weight is 265 g/mol. The van der Waals surface area contributed by atoms with Gasteiger partial charge in [0.15, 0.2) is 6.67 Å². The third-order valence-corrected chi connectivity index (χ3v) is 1.58. The Bertz CT molecular complexity index is 173. The molecule has 0 saturated carbocycles. The van der Waals surface area contributed by atoms with Crippen LogP contribution in [0.3, 0.4) is 0 Å². The molecule has 0 aromatic carbocycles. The molecule has 0 saturated heterocycles. The minimum Gasteiger partial charge on any atom is -1.00 e. The largest absolute Gasteiger partial charge is 1.00 e. The third-order valence-electron chi connectivity index (χ3n) is 1.58. The first-order valence-electron chi connectivity index (χ1n) is 3.43. The van der Waals surface area contributed by atoms with E-state index in [4.69, 9.17) is 5.26 Å². The van der Waals surface area contributed by atoms with E-state index in [0.29, 0.717) is 6.42 Å². The van der Waals surface area contributed by atoms with Gasteiger partial charge in [-0.05, 0) is 0 Å². The number of nitrogens with one attached hydrogen (secondary N) is 1. The average Bonchev–Trinajstić information content (AvgIpc) is 2.31. The highest BCUT2D eigenvalue weighted by Gasteiger charge is 2.11. The lowest BCUT2D eigenvalue weighted by molar-refractivity contribution is -0.848. The van der Waals surface area contributed by atoms with Crippen LogP contribution in [0.15, 0.2) is 12.4 Å². The van der Waals surface area contributed by atoms with Crippen LogP contribution in [-0.2, 0) is 0 Å². The zero-order chi connectivity index (χ0) is 7.40. The van der Waals surface area contributed by atoms with E-state index in [1.54, 1.807) is 0 Å². The van der Waals surface area contributed by atoms with Crippen LogP contribution < -0.4 is 28.9 Å². The van der Waals surface area contributed by atoms with Crippen molar-refractivity contribution >= 4 is 0 Å². The number of nitrogens with zero attached hydrogens (tertiary/aromatic N) is 2. The summed E-state index contributed by atoms with van der Waals surface area (Å²) in [6, 6.07) is 2.14. The van der Waals surface area contributed by atoms with Crippen molar-refractivity contribution < 1.29 is 28.9 Å². The standard InChI is InChI=1S/C7H11N3.HI/c1-9-5-6-10(7-9)4-2-3-8;/h5-6H,2,4,7H2,1H3;1H. The summed E-state index contributed by atoms with van der Waals surface area (Å²) in [5.74, 6) is 0. The minimum atomic E-state index is 0. The number of rotatable bonds is 2. The van der Waals surface area contributed by atoms with Crippen molar-refractivity contribution in [3.63, 3.8) is 0 Å². The Morgan fingerprint density at radius 2 is 2.45 bits per heavy atom. The maximum Gasteiger partial charge on any atom is 0.156 e. The molecule has 1 rings (SSSR count). The van der Waals surface area contributed by atoms with E-state index in [-0.39, 0.29) is 24.0 Å². The first kappa shape index (κ1) is 10.7. The molecule has 11 heavy (non-hydrogen) atoms. The second-order valence-electron chi connectivity index (χ2n) is 2.55. The molecule has 1 aliphatic rings. The topological polar surface area (TPSA) is 31.5 Å². The fourth-order valence-corrected chi connectivity index (χ4v) is 1.04. The molecule has 4 heteroatoms. The Labute approximate surface area is 84.3 Å². The molecule has 0 aliphatic carbocycles. The highest BCUT2D eigenvalue weighted by molar-refractivity contribution is 4.76. The Kier molecular flexibility index (Phi) is 5.24. The lowest BCUT2D eigenvalue weighted by atomic mass is 10.4. The van der Waals surface area contributed by atoms with Crippen LogP contribution >= 0.6 is 0 Å². The predicted octanol–water partition coefficient (Wildman–Crippen LogP) is -3.84. The van der Waals surface area contributed by atoms with Gasteiger partial charge in [-0.15, -0.1) is 0 Å². The highest BCUT2D eigenvalue weighted by Crippen LogP contribution is 1.82. The number of hydrogen-bond acceptors (Lipinski definition) is 2. The van der Waals surface area contributed by atoms with Crippen LogP contribution in [0.2, 0.25) is 0 Å². The van der Waals surface area contributed by atoms with Gasteiger partial charge in [0.1, 0.15) is 6.20 Å². The second-order valence-corrected chi connectivity index (χ2v) is 2.55. The number of hydrogen-bond donors (Lipinski definition) is 1. The molecule has 0 amide bonds. The van der Waals surface area contributed by atoms with Crippen LogP contribution in [0.5, 0.6) is 0 Å². The summed E-state index contributed by atoms with van der Waals surface area (Å²) in [4.78, 5) is 3.48. The highest BCUT2D eigenvalue weighted by atomic mass is 127. The van der Waals surface area contributed by atoms with Gasteiger partial charge in [0, 0.05) is 7.05 Å². The van der Waals surface area contributed by atoms with Crippen molar-refractivity contribution in [2.24, 2.45) is 0 Å². The van der Waals surface area contributed by atoms with Gasteiger partial charge in [-0.1, -0.05) is 0 Å². The molecule has 0 radical (unpaired) electrons. The summed E-state index contributed by atoms with van der Waals surface area (Å²) in [6.07, 6.45) is 4.79. The monoisotopic (exact) mass is 265 g/mol. The van der Waals surface area contributed by atoms with Crippen molar-refractivity contribution in [3.8, 4) is 6.07 Å². The molecular formula is C7H12IN3. The molecule has 62 valence electrons. The number of quaternary nitrogens is 1. The molecule has 1 heterocycles. The summed E-state index contributed by atoms with van der Waals surface area (Å²) in [6.45, 7) is 1.93. The van der Waals surface area contributed by atoms with Crippen LogP contribution in [0.25, 0.3) is 0 Å². The van der Waals surface area contributed by atoms with Crippen molar-refractivity contribution in [2.45, 2.75) is 6.42 Å². The second kappa shape index (κ2) is 5.38. The van der Waals surface area contributed by atoms with E-state index in [1.165, 1.54) is 4.90 Å². The molecular weight excluding hydrogens is 253 g/mol. The quantitative estimate of drug-likeness (QED) is 0.519. The van der Waals surface area contributed by atoms with Gasteiger partial charge in [-0.25, -0.2) is 0 Å². The predicted molar refractivity (Wildman–Crippen MR) is 37.8 cm³/mol. The van der Waals surface area contributed by atoms with Gasteiger partial charge in [0.05, 0.1) is 25.2 Å².